The Labute approximate surface area is 747 Å². The second-order valence-electron chi connectivity index (χ2n) is 29.3. The van der Waals surface area contributed by atoms with Crippen molar-refractivity contribution in [3.8, 4) is 0 Å². The van der Waals surface area contributed by atoms with Gasteiger partial charge in [0.05, 0.1) is 129 Å². The summed E-state index contributed by atoms with van der Waals surface area (Å²) in [6.07, 6.45) is 19.9. The molecule has 130 heavy (non-hydrogen) atoms. The molecule has 0 amide bonds. The lowest BCUT2D eigenvalue weighted by Crippen LogP contribution is -2.42. The van der Waals surface area contributed by atoms with Crippen LogP contribution in [0, 0.1) is 47.5 Å². The molecule has 2 fully saturated rings. The van der Waals surface area contributed by atoms with Gasteiger partial charge in [-0.1, -0.05) is 151 Å². The van der Waals surface area contributed by atoms with Crippen LogP contribution in [-0.4, -0.2) is 190 Å². The number of hydrogen-bond acceptors (Lipinski definition) is 33. The number of rotatable bonds is 24. The molecule has 2 unspecified atom stereocenters. The van der Waals surface area contributed by atoms with Gasteiger partial charge >= 0.3 is 0 Å². The van der Waals surface area contributed by atoms with E-state index in [-0.39, 0.29) is 71.5 Å². The minimum Gasteiger partial charge on any atom is -0.497 e. The minimum atomic E-state index is -3.66. The van der Waals surface area contributed by atoms with Gasteiger partial charge in [-0.3, -0.25) is 20.1 Å². The highest BCUT2D eigenvalue weighted by Crippen LogP contribution is 2.28. The number of nitrogens with one attached hydrogen (secondary N) is 1. The van der Waals surface area contributed by atoms with Crippen LogP contribution in [0.3, 0.4) is 0 Å². The van der Waals surface area contributed by atoms with E-state index in [0.29, 0.717) is 63.1 Å². The predicted molar refractivity (Wildman–Crippen MR) is 466 cm³/mol. The third kappa shape index (κ3) is 23.7. The fraction of sp³-hybridized carbons (Fsp3) is 0.176. The molecule has 45 heteroatoms. The van der Waals surface area contributed by atoms with Crippen LogP contribution in [0.15, 0.2) is 353 Å². The molecule has 0 saturated carbocycles. The maximum Gasteiger partial charge on any atom is 0.227 e. The molecule has 1 N–H and O–H groups in total. The highest BCUT2D eigenvalue weighted by atomic mass is 32.2. The molecule has 2 saturated heterocycles. The van der Waals surface area contributed by atoms with E-state index in [1.165, 1.54) is 65.4 Å². The maximum atomic E-state index is 12.5. The van der Waals surface area contributed by atoms with Crippen LogP contribution in [0.1, 0.15) is 55.8 Å². The van der Waals surface area contributed by atoms with E-state index < -0.39 is 59.0 Å². The number of benzene rings is 6. The average molecular weight is 1870 g/mol. The first kappa shape index (κ1) is 92.9. The van der Waals surface area contributed by atoms with Crippen molar-refractivity contribution in [3.63, 3.8) is 0 Å². The standard InChI is InChI=1S/2C15H14N4O2S.2C14H13N5O2S.C14H15N3O3S.C13H14N4O3S/c1-12-2-4-14(5-3-12)22(20,21)15-11-19(18-17-15)10-13-6-8-16-9-7-13;1-12-4-6-14(7-5-12)22(20,21)15-11-19(18-17-15)10-13-3-2-8-16-9-13;1-11-2-4-13(5-3-11)22(20,21)14-10-19(18-17-14)9-12-6-7-15-16-8-12;1-11-4-6-13(7-5-11)22(20,21)14-10-19(18-17-14)9-12-3-2-8-15-16-12;1-10-3-5-13(6-4-10)21(18,19)14-8-17(16-15-14)7-12-9-20-11(12)2;1-9-3-5-11(6-4-9)21(18,19)13-7-17(16-14-13)15-12-8-20-10(12)2/h2*2-9,11H,10H2,1H3;2*2-8,10H,9H2,1H3;3-6,8,12H,2,7,9H2,1H3;3-7,12,15H,2,8H2,1H3. The molecule has 0 spiro atoms. The first-order chi connectivity index (χ1) is 62.1. The third-order valence-corrected chi connectivity index (χ3v) is 29.0. The fourth-order valence-electron chi connectivity index (χ4n) is 11.7. The first-order valence-corrected chi connectivity index (χ1v) is 48.1. The number of aromatic nitrogens is 24. The van der Waals surface area contributed by atoms with Crippen LogP contribution in [0.5, 0.6) is 0 Å². The maximum absolute atomic E-state index is 12.5. The van der Waals surface area contributed by atoms with Gasteiger partial charge in [-0.25, -0.2) is 69.2 Å². The van der Waals surface area contributed by atoms with Gasteiger partial charge in [-0.05, 0) is 173 Å². The summed E-state index contributed by atoms with van der Waals surface area (Å²) in [6.45, 7) is 22.0. The second-order valence-corrected chi connectivity index (χ2v) is 40.7. The fourth-order valence-corrected chi connectivity index (χ4v) is 18.5. The van der Waals surface area contributed by atoms with Crippen molar-refractivity contribution < 1.29 is 60.0 Å². The Balaban J connectivity index is 0.000000133. The molecule has 0 bridgehead atoms. The Morgan fingerprint density at radius 3 is 0.977 bits per heavy atom. The summed E-state index contributed by atoms with van der Waals surface area (Å²) in [6, 6.07) is 52.5. The molecule has 18 rings (SSSR count). The van der Waals surface area contributed by atoms with Crippen molar-refractivity contribution in [2.45, 2.75) is 140 Å². The van der Waals surface area contributed by atoms with E-state index in [9.17, 15) is 50.5 Å². The molecule has 2 aliphatic rings. The van der Waals surface area contributed by atoms with Gasteiger partial charge in [-0.2, -0.15) is 25.2 Å². The topological polar surface area (TPSA) is 497 Å². The van der Waals surface area contributed by atoms with Crippen LogP contribution < -0.4 is 5.43 Å². The number of ether oxygens (including phenoxy) is 2. The number of sulfone groups is 6. The number of aryl methyl sites for hydroxylation is 6. The lowest BCUT2D eigenvalue weighted by atomic mass is 10.1. The Morgan fingerprint density at radius 2 is 0.654 bits per heavy atom. The predicted octanol–water partition coefficient (Wildman–Crippen LogP) is 8.70. The van der Waals surface area contributed by atoms with Crippen molar-refractivity contribution in [1.29, 1.82) is 0 Å². The van der Waals surface area contributed by atoms with Gasteiger partial charge < -0.3 is 9.47 Å². The smallest absolute Gasteiger partial charge is 0.227 e. The highest BCUT2D eigenvalue weighted by Gasteiger charge is 2.31. The lowest BCUT2D eigenvalue weighted by molar-refractivity contribution is 0.0387. The van der Waals surface area contributed by atoms with Gasteiger partial charge in [0.1, 0.15) is 18.4 Å². The summed E-state index contributed by atoms with van der Waals surface area (Å²) in [5, 5.41) is 60.4. The van der Waals surface area contributed by atoms with Gasteiger partial charge in [0.25, 0.3) is 0 Å². The van der Waals surface area contributed by atoms with Crippen molar-refractivity contribution in [2.75, 3.05) is 18.6 Å². The molecule has 12 heterocycles. The molecular formula is C85H83N25O14S6. The van der Waals surface area contributed by atoms with Gasteiger partial charge in [0, 0.05) is 37.2 Å². The Morgan fingerprint density at radius 1 is 0.315 bits per heavy atom. The lowest BCUT2D eigenvalue weighted by Gasteiger charge is -2.30. The summed E-state index contributed by atoms with van der Waals surface area (Å²) in [4.78, 5) is 10.5. The highest BCUT2D eigenvalue weighted by molar-refractivity contribution is 7.92. The van der Waals surface area contributed by atoms with E-state index >= 15 is 0 Å². The second kappa shape index (κ2) is 40.9. The molecule has 2 atom stereocenters. The summed E-state index contributed by atoms with van der Waals surface area (Å²) >= 11 is 0. The summed E-state index contributed by atoms with van der Waals surface area (Å²) in [5.74, 6) is 1.46. The van der Waals surface area contributed by atoms with Gasteiger partial charge in [-0.15, -0.1) is 30.6 Å². The van der Waals surface area contributed by atoms with Crippen LogP contribution in [0.4, 0.5) is 0 Å². The van der Waals surface area contributed by atoms with Gasteiger partial charge in [0.2, 0.25) is 89.2 Å². The van der Waals surface area contributed by atoms with Gasteiger partial charge in [0.15, 0.2) is 0 Å². The van der Waals surface area contributed by atoms with E-state index in [2.05, 4.69) is 111 Å². The van der Waals surface area contributed by atoms with Crippen molar-refractivity contribution >= 4 is 59.0 Å². The Hall–Kier alpha value is -14.8. The number of hydrogen-bond donors (Lipinski definition) is 1. The number of pyridine rings is 2. The monoisotopic (exact) mass is 1870 g/mol. The molecule has 668 valence electrons. The zero-order chi connectivity index (χ0) is 92.4. The van der Waals surface area contributed by atoms with Crippen LogP contribution in [0.2, 0.25) is 0 Å². The molecule has 2 aliphatic heterocycles. The van der Waals surface area contributed by atoms with E-state index in [0.717, 1.165) is 50.1 Å². The van der Waals surface area contributed by atoms with E-state index in [1.807, 2.05) is 65.8 Å². The number of nitrogens with zero attached hydrogens (tertiary/aromatic N) is 24. The summed E-state index contributed by atoms with van der Waals surface area (Å²) in [7, 11) is -21.9. The van der Waals surface area contributed by atoms with E-state index in [1.54, 1.807) is 207 Å². The third-order valence-electron chi connectivity index (χ3n) is 19.2. The largest absolute Gasteiger partial charge is 0.497 e. The molecule has 0 radical (unpaired) electrons. The minimum absolute atomic E-state index is 0.0443. The summed E-state index contributed by atoms with van der Waals surface area (Å²) in [5.41, 5.74) is 12.3. The molecule has 10 aromatic heterocycles. The Kier molecular flexibility index (Phi) is 29.2. The normalized spacial score (nSPS) is 13.6. The summed E-state index contributed by atoms with van der Waals surface area (Å²) < 4.78 is 167. The Bertz CT molecular complexity index is 6570. The van der Waals surface area contributed by atoms with E-state index in [4.69, 9.17) is 9.47 Å². The molecule has 39 nitrogen and oxygen atoms in total. The molecule has 16 aromatic rings. The van der Waals surface area contributed by atoms with Crippen molar-refractivity contribution in [2.24, 2.45) is 5.92 Å². The zero-order valence-electron chi connectivity index (χ0n) is 70.3. The molecular weight excluding hydrogens is 1790 g/mol. The SMILES string of the molecule is C=C1OCC1Cn1cc(S(=O)(=O)c2ccc(C)cc2)nn1.C=C1OCC1Nn1cc(S(=O)(=O)c2ccc(C)cc2)nn1.Cc1ccc(S(=O)(=O)c2cn(Cc3cccnc3)nn2)cc1.Cc1ccc(S(=O)(=O)c2cn(Cc3cccnn3)nn2)cc1.Cc1ccc(S(=O)(=O)c2cn(Cc3ccncc3)nn2)cc1.Cc1ccc(S(=O)(=O)c2cn(Cc3ccnnc3)nn2)cc1. The average Bonchev–Trinajstić information content (AvgIpc) is 1.67. The quantitative estimate of drug-likeness (QED) is 0.0590. The molecule has 6 aromatic carbocycles. The molecule has 0 aliphatic carbocycles. The zero-order valence-corrected chi connectivity index (χ0v) is 75.2. The van der Waals surface area contributed by atoms with Crippen LogP contribution in [0.25, 0.3) is 0 Å². The van der Waals surface area contributed by atoms with Crippen molar-refractivity contribution in [3.05, 3.63) is 349 Å². The van der Waals surface area contributed by atoms with Crippen LogP contribution in [-0.2, 0) is 101 Å². The first-order valence-electron chi connectivity index (χ1n) is 39.2. The van der Waals surface area contributed by atoms with Crippen molar-refractivity contribution in [1.82, 2.24) is 120 Å². The van der Waals surface area contributed by atoms with Crippen LogP contribution >= 0.6 is 0 Å².